The van der Waals surface area contributed by atoms with Gasteiger partial charge in [0, 0.05) is 12.6 Å². The second kappa shape index (κ2) is 6.88. The number of hydrogen-bond donors (Lipinski definition) is 2. The smallest absolute Gasteiger partial charge is 0.265 e. The maximum Gasteiger partial charge on any atom is 0.265 e. The van der Waals surface area contributed by atoms with Gasteiger partial charge in [0.1, 0.15) is 4.88 Å². The molecule has 1 aromatic heterocycles. The summed E-state index contributed by atoms with van der Waals surface area (Å²) in [7, 11) is 0. The maximum atomic E-state index is 11.8. The SMILES string of the molecule is CCc1nnsc1C(=O)NCC1CCCN1.Cl. The quantitative estimate of drug-likeness (QED) is 0.861. The first-order valence-corrected chi connectivity index (χ1v) is 6.41. The molecule has 0 spiro atoms. The first-order chi connectivity index (χ1) is 7.81. The van der Waals surface area contributed by atoms with Crippen LogP contribution in [0, 0.1) is 0 Å². The second-order valence-electron chi connectivity index (χ2n) is 3.91. The number of nitrogens with one attached hydrogen (secondary N) is 2. The number of halogens is 1. The first kappa shape index (κ1) is 14.3. The third-order valence-corrected chi connectivity index (χ3v) is 3.54. The van der Waals surface area contributed by atoms with E-state index in [0.29, 0.717) is 17.5 Å². The number of aromatic nitrogens is 2. The Hall–Kier alpha value is -0.720. The highest BCUT2D eigenvalue weighted by Crippen LogP contribution is 2.11. The largest absolute Gasteiger partial charge is 0.350 e. The van der Waals surface area contributed by atoms with E-state index in [0.717, 1.165) is 25.1 Å². The number of carbonyl (C=O) groups is 1. The molecule has 96 valence electrons. The van der Waals surface area contributed by atoms with Gasteiger partial charge in [-0.05, 0) is 37.3 Å². The summed E-state index contributed by atoms with van der Waals surface area (Å²) in [5.74, 6) is -0.0412. The van der Waals surface area contributed by atoms with Crippen molar-refractivity contribution in [3.8, 4) is 0 Å². The van der Waals surface area contributed by atoms with Crippen molar-refractivity contribution in [3.05, 3.63) is 10.6 Å². The molecule has 1 aromatic rings. The summed E-state index contributed by atoms with van der Waals surface area (Å²) < 4.78 is 3.81. The van der Waals surface area contributed by atoms with Crippen molar-refractivity contribution in [2.75, 3.05) is 13.1 Å². The van der Waals surface area contributed by atoms with Gasteiger partial charge in [0.25, 0.3) is 5.91 Å². The summed E-state index contributed by atoms with van der Waals surface area (Å²) in [6, 6.07) is 0.426. The van der Waals surface area contributed by atoms with E-state index in [1.54, 1.807) is 0 Å². The van der Waals surface area contributed by atoms with Gasteiger partial charge in [-0.15, -0.1) is 17.5 Å². The highest BCUT2D eigenvalue weighted by atomic mass is 35.5. The minimum absolute atomic E-state index is 0. The van der Waals surface area contributed by atoms with E-state index in [9.17, 15) is 4.79 Å². The molecule has 0 bridgehead atoms. The third-order valence-electron chi connectivity index (χ3n) is 2.77. The lowest BCUT2D eigenvalue weighted by molar-refractivity contribution is 0.0953. The van der Waals surface area contributed by atoms with Crippen molar-refractivity contribution < 1.29 is 4.79 Å². The van der Waals surface area contributed by atoms with E-state index in [2.05, 4.69) is 20.2 Å². The van der Waals surface area contributed by atoms with Crippen LogP contribution in [0.1, 0.15) is 35.1 Å². The van der Waals surface area contributed by atoms with Crippen molar-refractivity contribution in [1.29, 1.82) is 0 Å². The van der Waals surface area contributed by atoms with E-state index in [4.69, 9.17) is 0 Å². The van der Waals surface area contributed by atoms with Gasteiger partial charge in [-0.3, -0.25) is 4.79 Å². The molecule has 1 saturated heterocycles. The molecule has 5 nitrogen and oxygen atoms in total. The van der Waals surface area contributed by atoms with Crippen LogP contribution in [0.25, 0.3) is 0 Å². The maximum absolute atomic E-state index is 11.8. The molecule has 1 fully saturated rings. The highest BCUT2D eigenvalue weighted by Gasteiger charge is 2.18. The zero-order chi connectivity index (χ0) is 11.4. The van der Waals surface area contributed by atoms with Crippen molar-refractivity contribution in [1.82, 2.24) is 20.2 Å². The Morgan fingerprint density at radius 3 is 3.12 bits per heavy atom. The monoisotopic (exact) mass is 276 g/mol. The van der Waals surface area contributed by atoms with E-state index in [-0.39, 0.29) is 18.3 Å². The highest BCUT2D eigenvalue weighted by molar-refractivity contribution is 7.08. The van der Waals surface area contributed by atoms with E-state index < -0.39 is 0 Å². The van der Waals surface area contributed by atoms with Gasteiger partial charge in [0.2, 0.25) is 0 Å². The normalized spacial score (nSPS) is 18.8. The fourth-order valence-corrected chi connectivity index (χ4v) is 2.51. The predicted molar refractivity (Wildman–Crippen MR) is 69.9 cm³/mol. The average Bonchev–Trinajstić information content (AvgIpc) is 2.96. The van der Waals surface area contributed by atoms with Crippen LogP contribution in [0.2, 0.25) is 0 Å². The van der Waals surface area contributed by atoms with Crippen molar-refractivity contribution in [2.45, 2.75) is 32.2 Å². The van der Waals surface area contributed by atoms with E-state index in [1.807, 2.05) is 6.92 Å². The third kappa shape index (κ3) is 3.62. The van der Waals surface area contributed by atoms with Gasteiger partial charge < -0.3 is 10.6 Å². The molecule has 1 amide bonds. The summed E-state index contributed by atoms with van der Waals surface area (Å²) in [5, 5.41) is 10.2. The number of rotatable bonds is 4. The van der Waals surface area contributed by atoms with Gasteiger partial charge in [0.15, 0.2) is 0 Å². The molecule has 1 aliphatic heterocycles. The molecular weight excluding hydrogens is 260 g/mol. The minimum atomic E-state index is -0.0412. The van der Waals surface area contributed by atoms with Gasteiger partial charge >= 0.3 is 0 Å². The molecule has 1 aliphatic rings. The van der Waals surface area contributed by atoms with Crippen LogP contribution in [0.15, 0.2) is 0 Å². The van der Waals surface area contributed by atoms with Crippen LogP contribution in [-0.4, -0.2) is 34.6 Å². The van der Waals surface area contributed by atoms with Crippen LogP contribution in [-0.2, 0) is 6.42 Å². The van der Waals surface area contributed by atoms with Gasteiger partial charge in [-0.1, -0.05) is 11.4 Å². The standard InChI is InChI=1S/C10H16N4OS.ClH/c1-2-8-9(16-14-13-8)10(15)12-6-7-4-3-5-11-7;/h7,11H,2-6H2,1H3,(H,12,15);1H. The average molecular weight is 277 g/mol. The number of nitrogens with zero attached hydrogens (tertiary/aromatic N) is 2. The van der Waals surface area contributed by atoms with Crippen LogP contribution < -0.4 is 10.6 Å². The molecule has 2 rings (SSSR count). The molecule has 0 saturated carbocycles. The summed E-state index contributed by atoms with van der Waals surface area (Å²) in [6.07, 6.45) is 3.09. The van der Waals surface area contributed by atoms with Gasteiger partial charge in [0.05, 0.1) is 5.69 Å². The number of aryl methyl sites for hydroxylation is 1. The minimum Gasteiger partial charge on any atom is -0.350 e. The number of hydrogen-bond acceptors (Lipinski definition) is 5. The van der Waals surface area contributed by atoms with E-state index in [1.165, 1.54) is 18.0 Å². The summed E-state index contributed by atoms with van der Waals surface area (Å²) in [4.78, 5) is 12.5. The fourth-order valence-electron chi connectivity index (χ4n) is 1.84. The lowest BCUT2D eigenvalue weighted by Gasteiger charge is -2.10. The van der Waals surface area contributed by atoms with Crippen molar-refractivity contribution in [2.24, 2.45) is 0 Å². The molecule has 1 atom stereocenters. The molecule has 0 radical (unpaired) electrons. The zero-order valence-corrected chi connectivity index (χ0v) is 11.4. The van der Waals surface area contributed by atoms with Crippen molar-refractivity contribution in [3.63, 3.8) is 0 Å². The summed E-state index contributed by atoms with van der Waals surface area (Å²) in [5.41, 5.74) is 0.793. The van der Waals surface area contributed by atoms with Crippen LogP contribution in [0.4, 0.5) is 0 Å². The number of carbonyl (C=O) groups excluding carboxylic acids is 1. The molecule has 2 heterocycles. The lowest BCUT2D eigenvalue weighted by Crippen LogP contribution is -2.37. The number of amides is 1. The summed E-state index contributed by atoms with van der Waals surface area (Å²) >= 11 is 1.17. The van der Waals surface area contributed by atoms with Gasteiger partial charge in [-0.2, -0.15) is 0 Å². The molecular formula is C10H17ClN4OS. The Morgan fingerprint density at radius 1 is 1.65 bits per heavy atom. The predicted octanol–water partition coefficient (Wildman–Crippen LogP) is 1.00. The topological polar surface area (TPSA) is 66.9 Å². The van der Waals surface area contributed by atoms with E-state index >= 15 is 0 Å². The molecule has 1 unspecified atom stereocenters. The Morgan fingerprint density at radius 2 is 2.47 bits per heavy atom. The van der Waals surface area contributed by atoms with Gasteiger partial charge in [-0.25, -0.2) is 0 Å². The summed E-state index contributed by atoms with van der Waals surface area (Å²) in [6.45, 7) is 3.73. The van der Waals surface area contributed by atoms with Crippen molar-refractivity contribution >= 4 is 29.8 Å². The van der Waals surface area contributed by atoms with Crippen LogP contribution in [0.5, 0.6) is 0 Å². The molecule has 17 heavy (non-hydrogen) atoms. The molecule has 0 aromatic carbocycles. The Labute approximate surface area is 111 Å². The van der Waals surface area contributed by atoms with Crippen LogP contribution >= 0.6 is 23.9 Å². The molecule has 2 N–H and O–H groups in total. The first-order valence-electron chi connectivity index (χ1n) is 5.64. The fraction of sp³-hybridized carbons (Fsp3) is 0.700. The molecule has 0 aliphatic carbocycles. The Kier molecular flexibility index (Phi) is 5.80. The second-order valence-corrected chi connectivity index (χ2v) is 4.66. The Bertz CT molecular complexity index is 365. The van der Waals surface area contributed by atoms with Crippen LogP contribution in [0.3, 0.4) is 0 Å². The zero-order valence-electron chi connectivity index (χ0n) is 9.73. The lowest BCUT2D eigenvalue weighted by atomic mass is 10.2. The molecule has 7 heteroatoms. The Balaban J connectivity index is 0.00000144.